The molecule has 0 saturated carbocycles. The zero-order valence-electron chi connectivity index (χ0n) is 17.1. The van der Waals surface area contributed by atoms with Gasteiger partial charge in [-0.25, -0.2) is 0 Å². The SMILES string of the molecule is CC1=COc2c(C(C)(C)C)cc3c4c(c(C(C)(C)C)cc1c24)OC=C3C. The van der Waals surface area contributed by atoms with E-state index < -0.39 is 0 Å². The third kappa shape index (κ3) is 2.31. The van der Waals surface area contributed by atoms with Crippen molar-refractivity contribution in [3.63, 3.8) is 0 Å². The van der Waals surface area contributed by atoms with Crippen LogP contribution in [0.25, 0.3) is 21.9 Å². The smallest absolute Gasteiger partial charge is 0.138 e. The van der Waals surface area contributed by atoms with Crippen molar-refractivity contribution >= 4 is 21.9 Å². The first-order valence-corrected chi connectivity index (χ1v) is 9.36. The molecule has 0 atom stereocenters. The zero-order valence-corrected chi connectivity index (χ0v) is 17.1. The second-order valence-corrected chi connectivity index (χ2v) is 9.69. The van der Waals surface area contributed by atoms with Crippen LogP contribution < -0.4 is 9.47 Å². The molecular formula is C24H28O2. The van der Waals surface area contributed by atoms with Crippen LogP contribution in [0.15, 0.2) is 24.7 Å². The summed E-state index contributed by atoms with van der Waals surface area (Å²) in [4.78, 5) is 0. The summed E-state index contributed by atoms with van der Waals surface area (Å²) < 4.78 is 12.3. The van der Waals surface area contributed by atoms with Gasteiger partial charge in [0.1, 0.15) is 11.5 Å². The summed E-state index contributed by atoms with van der Waals surface area (Å²) in [5.74, 6) is 1.97. The van der Waals surface area contributed by atoms with Crippen molar-refractivity contribution in [2.75, 3.05) is 0 Å². The monoisotopic (exact) mass is 348 g/mol. The molecule has 0 spiro atoms. The fourth-order valence-corrected chi connectivity index (χ4v) is 3.98. The topological polar surface area (TPSA) is 18.5 Å². The molecule has 136 valence electrons. The maximum atomic E-state index is 6.17. The second-order valence-electron chi connectivity index (χ2n) is 9.69. The number of benzene rings is 2. The van der Waals surface area contributed by atoms with Gasteiger partial charge in [0.25, 0.3) is 0 Å². The minimum atomic E-state index is -0.00216. The Bertz CT molecular complexity index is 922. The van der Waals surface area contributed by atoms with Gasteiger partial charge in [0.15, 0.2) is 0 Å². The van der Waals surface area contributed by atoms with Gasteiger partial charge in [0, 0.05) is 21.9 Å². The molecule has 0 bridgehead atoms. The highest BCUT2D eigenvalue weighted by Crippen LogP contribution is 2.52. The first kappa shape index (κ1) is 17.2. The fraction of sp³-hybridized carbons (Fsp3) is 0.417. The molecule has 0 aromatic heterocycles. The Hall–Kier alpha value is -2.22. The van der Waals surface area contributed by atoms with Crippen molar-refractivity contribution in [1.82, 2.24) is 0 Å². The number of rotatable bonds is 0. The van der Waals surface area contributed by atoms with Crippen molar-refractivity contribution in [3.8, 4) is 11.5 Å². The van der Waals surface area contributed by atoms with Crippen molar-refractivity contribution in [2.24, 2.45) is 0 Å². The average Bonchev–Trinajstić information content (AvgIpc) is 2.53. The van der Waals surface area contributed by atoms with Crippen LogP contribution in [0.4, 0.5) is 0 Å². The predicted molar refractivity (Wildman–Crippen MR) is 110 cm³/mol. The highest BCUT2D eigenvalue weighted by molar-refractivity contribution is 6.10. The number of hydrogen-bond acceptors (Lipinski definition) is 2. The highest BCUT2D eigenvalue weighted by atomic mass is 16.5. The lowest BCUT2D eigenvalue weighted by Crippen LogP contribution is -2.18. The number of hydrogen-bond donors (Lipinski definition) is 0. The molecule has 0 aliphatic carbocycles. The van der Waals surface area contributed by atoms with Crippen LogP contribution in [0.1, 0.15) is 77.6 Å². The van der Waals surface area contributed by atoms with Gasteiger partial charge in [0.2, 0.25) is 0 Å². The third-order valence-corrected chi connectivity index (χ3v) is 5.48. The molecule has 4 rings (SSSR count). The van der Waals surface area contributed by atoms with Gasteiger partial charge in [-0.3, -0.25) is 0 Å². The van der Waals surface area contributed by atoms with Gasteiger partial charge in [-0.15, -0.1) is 0 Å². The molecule has 2 aromatic carbocycles. The maximum Gasteiger partial charge on any atom is 0.138 e. The lowest BCUT2D eigenvalue weighted by atomic mass is 9.76. The van der Waals surface area contributed by atoms with Crippen LogP contribution in [0.2, 0.25) is 0 Å². The van der Waals surface area contributed by atoms with Gasteiger partial charge < -0.3 is 9.47 Å². The first-order chi connectivity index (χ1) is 12.0. The minimum Gasteiger partial charge on any atom is -0.464 e. The molecule has 0 unspecified atom stereocenters. The Morgan fingerprint density at radius 3 is 1.27 bits per heavy atom. The average molecular weight is 348 g/mol. The second kappa shape index (κ2) is 5.16. The first-order valence-electron chi connectivity index (χ1n) is 9.36. The summed E-state index contributed by atoms with van der Waals surface area (Å²) in [6, 6.07) is 4.61. The van der Waals surface area contributed by atoms with E-state index in [1.165, 1.54) is 44.2 Å². The van der Waals surface area contributed by atoms with Crippen LogP contribution in [-0.2, 0) is 10.8 Å². The predicted octanol–water partition coefficient (Wildman–Crippen LogP) is 6.94. The van der Waals surface area contributed by atoms with E-state index in [1.807, 2.05) is 12.5 Å². The summed E-state index contributed by atoms with van der Waals surface area (Å²) >= 11 is 0. The summed E-state index contributed by atoms with van der Waals surface area (Å²) in [5, 5.41) is 2.39. The van der Waals surface area contributed by atoms with E-state index in [0.717, 1.165) is 11.5 Å². The van der Waals surface area contributed by atoms with Crippen molar-refractivity contribution in [1.29, 1.82) is 0 Å². The van der Waals surface area contributed by atoms with Gasteiger partial charge in [0.05, 0.1) is 12.5 Å². The van der Waals surface area contributed by atoms with Crippen molar-refractivity contribution in [3.05, 3.63) is 46.9 Å². The van der Waals surface area contributed by atoms with E-state index in [-0.39, 0.29) is 10.8 Å². The minimum absolute atomic E-state index is 0.00216. The zero-order chi connectivity index (χ0) is 19.0. The van der Waals surface area contributed by atoms with E-state index >= 15 is 0 Å². The molecule has 0 fully saturated rings. The van der Waals surface area contributed by atoms with Gasteiger partial charge in [-0.05, 0) is 59.1 Å². The molecule has 0 saturated heterocycles. The molecule has 2 aliphatic rings. The Morgan fingerprint density at radius 1 is 0.615 bits per heavy atom. The molecule has 0 radical (unpaired) electrons. The molecule has 0 amide bonds. The van der Waals surface area contributed by atoms with Crippen molar-refractivity contribution in [2.45, 2.75) is 66.2 Å². The summed E-state index contributed by atoms with van der Waals surface area (Å²) in [6.07, 6.45) is 3.79. The number of allylic oxidation sites excluding steroid dienone is 2. The van der Waals surface area contributed by atoms with Gasteiger partial charge in [-0.2, -0.15) is 0 Å². The van der Waals surface area contributed by atoms with E-state index in [1.54, 1.807) is 0 Å². The number of ether oxygens (including phenoxy) is 2. The Labute approximate surface area is 156 Å². The Balaban J connectivity index is 2.26. The van der Waals surface area contributed by atoms with Gasteiger partial charge >= 0.3 is 0 Å². The summed E-state index contributed by atoms with van der Waals surface area (Å²) in [6.45, 7) is 17.7. The Kier molecular flexibility index (Phi) is 3.41. The lowest BCUT2D eigenvalue weighted by molar-refractivity contribution is 0.449. The van der Waals surface area contributed by atoms with E-state index in [9.17, 15) is 0 Å². The summed E-state index contributed by atoms with van der Waals surface area (Å²) in [5.41, 5.74) is 7.34. The molecule has 2 heteroatoms. The quantitative estimate of drug-likeness (QED) is 0.513. The lowest BCUT2D eigenvalue weighted by Gasteiger charge is -2.33. The van der Waals surface area contributed by atoms with Gasteiger partial charge in [-0.1, -0.05) is 41.5 Å². The van der Waals surface area contributed by atoms with Crippen LogP contribution >= 0.6 is 0 Å². The van der Waals surface area contributed by atoms with E-state index in [4.69, 9.17) is 9.47 Å². The normalized spacial score (nSPS) is 16.0. The highest BCUT2D eigenvalue weighted by Gasteiger charge is 2.33. The molecule has 0 N–H and O–H groups in total. The van der Waals surface area contributed by atoms with Crippen molar-refractivity contribution < 1.29 is 9.47 Å². The molecule has 2 aliphatic heterocycles. The van der Waals surface area contributed by atoms with Crippen LogP contribution in [0.5, 0.6) is 11.5 Å². The standard InChI is InChI=1S/C24H28O2/c1-13-11-25-21-18(24(6,7)8)10-16-14(2)12-26-22-17(23(3,4)5)9-15(13)19(21)20(16)22/h9-12H,1-8H3. The van der Waals surface area contributed by atoms with E-state index in [0.29, 0.717) is 0 Å². The molecule has 2 aromatic rings. The third-order valence-electron chi connectivity index (χ3n) is 5.48. The molecule has 2 heterocycles. The largest absolute Gasteiger partial charge is 0.464 e. The summed E-state index contributed by atoms with van der Waals surface area (Å²) in [7, 11) is 0. The van der Waals surface area contributed by atoms with Crippen LogP contribution in [-0.4, -0.2) is 0 Å². The molecule has 26 heavy (non-hydrogen) atoms. The van der Waals surface area contributed by atoms with E-state index in [2.05, 4.69) is 67.5 Å². The Morgan fingerprint density at radius 2 is 0.962 bits per heavy atom. The molecular weight excluding hydrogens is 320 g/mol. The van der Waals surface area contributed by atoms with Crippen LogP contribution in [0.3, 0.4) is 0 Å². The van der Waals surface area contributed by atoms with Crippen LogP contribution in [0, 0.1) is 0 Å². The molecule has 2 nitrogen and oxygen atoms in total. The maximum absolute atomic E-state index is 6.17. The fourth-order valence-electron chi connectivity index (χ4n) is 3.98.